The first-order valence-corrected chi connectivity index (χ1v) is 16.2. The number of sulfonamides is 1. The molecule has 0 heterocycles. The van der Waals surface area contributed by atoms with Gasteiger partial charge in [-0.1, -0.05) is 61.2 Å². The van der Waals surface area contributed by atoms with Gasteiger partial charge in [0, 0.05) is 17.6 Å². The Morgan fingerprint density at radius 3 is 2.31 bits per heavy atom. The number of anilines is 1. The Kier molecular flexibility index (Phi) is 10.9. The molecule has 0 aliphatic heterocycles. The average molecular weight is 612 g/mol. The molecule has 2 amide bonds. The molecule has 0 radical (unpaired) electrons. The molecule has 10 heteroatoms. The minimum absolute atomic E-state index is 0.0520. The van der Waals surface area contributed by atoms with Crippen LogP contribution >= 0.6 is 11.6 Å². The quantitative estimate of drug-likeness (QED) is 0.279. The Morgan fingerprint density at radius 1 is 0.976 bits per heavy atom. The molecule has 3 aromatic carbocycles. The van der Waals surface area contributed by atoms with E-state index in [9.17, 15) is 18.0 Å². The number of halogens is 1. The number of benzene rings is 3. The summed E-state index contributed by atoms with van der Waals surface area (Å²) in [7, 11) is -4.13. The van der Waals surface area contributed by atoms with Gasteiger partial charge < -0.3 is 15.0 Å². The van der Waals surface area contributed by atoms with Gasteiger partial charge in [-0.2, -0.15) is 0 Å². The van der Waals surface area contributed by atoms with E-state index in [1.807, 2.05) is 13.0 Å². The zero-order valence-electron chi connectivity index (χ0n) is 24.0. The van der Waals surface area contributed by atoms with Gasteiger partial charge in [0.25, 0.3) is 10.0 Å². The van der Waals surface area contributed by atoms with Crippen LogP contribution in [0.5, 0.6) is 5.75 Å². The van der Waals surface area contributed by atoms with Crippen LogP contribution in [-0.2, 0) is 26.2 Å². The predicted molar refractivity (Wildman–Crippen MR) is 165 cm³/mol. The number of rotatable bonds is 12. The smallest absolute Gasteiger partial charge is 0.264 e. The number of hydrogen-bond donors (Lipinski definition) is 1. The van der Waals surface area contributed by atoms with Gasteiger partial charge in [-0.05, 0) is 80.8 Å². The van der Waals surface area contributed by atoms with Crippen molar-refractivity contribution in [1.29, 1.82) is 0 Å². The maximum atomic E-state index is 14.1. The van der Waals surface area contributed by atoms with Crippen LogP contribution in [0.25, 0.3) is 0 Å². The van der Waals surface area contributed by atoms with E-state index >= 15 is 0 Å². The highest BCUT2D eigenvalue weighted by Crippen LogP contribution is 2.27. The van der Waals surface area contributed by atoms with E-state index in [0.717, 1.165) is 42.0 Å². The number of nitrogens with one attached hydrogen (secondary N) is 1. The molecule has 1 aliphatic rings. The molecule has 0 saturated heterocycles. The summed E-state index contributed by atoms with van der Waals surface area (Å²) in [5.74, 6) is -0.203. The summed E-state index contributed by atoms with van der Waals surface area (Å²) in [6, 6.07) is 20.8. The molecule has 1 atom stereocenters. The van der Waals surface area contributed by atoms with E-state index in [-0.39, 0.29) is 23.4 Å². The molecule has 0 spiro atoms. The lowest BCUT2D eigenvalue weighted by Gasteiger charge is -2.33. The minimum Gasteiger partial charge on any atom is -0.494 e. The van der Waals surface area contributed by atoms with Crippen molar-refractivity contribution in [3.63, 3.8) is 0 Å². The molecule has 3 aromatic rings. The zero-order chi connectivity index (χ0) is 30.1. The van der Waals surface area contributed by atoms with E-state index in [4.69, 9.17) is 16.3 Å². The van der Waals surface area contributed by atoms with E-state index in [0.29, 0.717) is 23.1 Å². The summed E-state index contributed by atoms with van der Waals surface area (Å²) in [4.78, 5) is 29.0. The summed E-state index contributed by atoms with van der Waals surface area (Å²) in [5, 5.41) is 3.61. The second kappa shape index (κ2) is 14.6. The van der Waals surface area contributed by atoms with Crippen molar-refractivity contribution in [2.75, 3.05) is 17.5 Å². The van der Waals surface area contributed by atoms with Crippen LogP contribution in [-0.4, -0.2) is 50.4 Å². The van der Waals surface area contributed by atoms with Crippen LogP contribution < -0.4 is 14.4 Å². The highest BCUT2D eigenvalue weighted by molar-refractivity contribution is 7.92. The van der Waals surface area contributed by atoms with Gasteiger partial charge in [-0.3, -0.25) is 13.9 Å². The van der Waals surface area contributed by atoms with Gasteiger partial charge in [-0.15, -0.1) is 0 Å². The second-order valence-corrected chi connectivity index (χ2v) is 12.7. The lowest BCUT2D eigenvalue weighted by molar-refractivity contribution is -0.139. The van der Waals surface area contributed by atoms with Gasteiger partial charge in [0.15, 0.2) is 0 Å². The van der Waals surface area contributed by atoms with E-state index in [2.05, 4.69) is 5.32 Å². The van der Waals surface area contributed by atoms with E-state index in [1.54, 1.807) is 67.6 Å². The molecule has 1 saturated carbocycles. The molecule has 224 valence electrons. The number of amides is 2. The molecule has 1 fully saturated rings. The fourth-order valence-corrected chi connectivity index (χ4v) is 6.76. The third-order valence-electron chi connectivity index (χ3n) is 7.41. The fraction of sp³-hybridized carbons (Fsp3) is 0.375. The standard InChI is InChI=1S/C32H38ClN3O5S/c1-3-41-29-19-17-28(18-20-29)36(42(39,40)30-15-8-5-9-16-30)23-31(37)35(22-25-11-10-12-26(33)21-25)24(2)32(38)34-27-13-6-4-7-14-27/h5,8-12,15-21,24,27H,3-4,6-7,13-14,22-23H2,1-2H3,(H,34,38). The lowest BCUT2D eigenvalue weighted by Crippen LogP contribution is -2.53. The van der Waals surface area contributed by atoms with Crippen LogP contribution in [0.4, 0.5) is 5.69 Å². The predicted octanol–water partition coefficient (Wildman–Crippen LogP) is 5.80. The molecular weight excluding hydrogens is 574 g/mol. The van der Waals surface area contributed by atoms with Crippen molar-refractivity contribution in [2.24, 2.45) is 0 Å². The monoisotopic (exact) mass is 611 g/mol. The molecule has 42 heavy (non-hydrogen) atoms. The number of ether oxygens (including phenoxy) is 1. The molecule has 0 bridgehead atoms. The Bertz CT molecular complexity index is 1440. The average Bonchev–Trinajstić information content (AvgIpc) is 3.00. The Morgan fingerprint density at radius 2 is 1.67 bits per heavy atom. The summed E-state index contributed by atoms with van der Waals surface area (Å²) in [6.45, 7) is 3.57. The normalized spacial score (nSPS) is 14.5. The number of carbonyl (C=O) groups is 2. The first-order valence-electron chi connectivity index (χ1n) is 14.3. The molecule has 8 nitrogen and oxygen atoms in total. The third-order valence-corrected chi connectivity index (χ3v) is 9.43. The van der Waals surface area contributed by atoms with Crippen molar-refractivity contribution >= 4 is 39.1 Å². The molecule has 1 unspecified atom stereocenters. The first kappa shape index (κ1) is 31.4. The lowest BCUT2D eigenvalue weighted by atomic mass is 9.95. The maximum Gasteiger partial charge on any atom is 0.264 e. The van der Waals surface area contributed by atoms with Gasteiger partial charge in [0.2, 0.25) is 11.8 Å². The maximum absolute atomic E-state index is 14.1. The van der Waals surface area contributed by atoms with Crippen LogP contribution in [0.15, 0.2) is 83.8 Å². The van der Waals surface area contributed by atoms with Crippen LogP contribution in [0.1, 0.15) is 51.5 Å². The van der Waals surface area contributed by atoms with Gasteiger partial charge in [-0.25, -0.2) is 8.42 Å². The fourth-order valence-electron chi connectivity index (χ4n) is 5.11. The van der Waals surface area contributed by atoms with Crippen molar-refractivity contribution in [3.8, 4) is 5.75 Å². The SMILES string of the molecule is CCOc1ccc(N(CC(=O)N(Cc2cccc(Cl)c2)C(C)C(=O)NC2CCCCC2)S(=O)(=O)c2ccccc2)cc1. The van der Waals surface area contributed by atoms with Crippen molar-refractivity contribution in [1.82, 2.24) is 10.2 Å². The molecule has 4 rings (SSSR count). The van der Waals surface area contributed by atoms with E-state index < -0.39 is 28.5 Å². The molecule has 0 aromatic heterocycles. The van der Waals surface area contributed by atoms with Gasteiger partial charge in [0.05, 0.1) is 17.2 Å². The van der Waals surface area contributed by atoms with Crippen LogP contribution in [0.2, 0.25) is 5.02 Å². The highest BCUT2D eigenvalue weighted by atomic mass is 35.5. The Labute approximate surface area is 253 Å². The molecular formula is C32H38ClN3O5S. The van der Waals surface area contributed by atoms with E-state index in [1.165, 1.54) is 17.0 Å². The van der Waals surface area contributed by atoms with Gasteiger partial charge in [0.1, 0.15) is 18.3 Å². The topological polar surface area (TPSA) is 96.0 Å². The highest BCUT2D eigenvalue weighted by Gasteiger charge is 2.33. The number of nitrogens with zero attached hydrogens (tertiary/aromatic N) is 2. The van der Waals surface area contributed by atoms with Crippen molar-refractivity contribution in [3.05, 3.63) is 89.4 Å². The third kappa shape index (κ3) is 8.04. The summed E-state index contributed by atoms with van der Waals surface area (Å²) < 4.78 is 34.4. The number of hydrogen-bond acceptors (Lipinski definition) is 5. The first-order chi connectivity index (χ1) is 20.2. The van der Waals surface area contributed by atoms with Crippen LogP contribution in [0, 0.1) is 0 Å². The zero-order valence-corrected chi connectivity index (χ0v) is 25.6. The number of carbonyl (C=O) groups excluding carboxylic acids is 2. The second-order valence-electron chi connectivity index (χ2n) is 10.4. The summed E-state index contributed by atoms with van der Waals surface area (Å²) in [6.07, 6.45) is 5.07. The minimum atomic E-state index is -4.13. The Hall–Kier alpha value is -3.56. The largest absolute Gasteiger partial charge is 0.494 e. The van der Waals surface area contributed by atoms with Crippen molar-refractivity contribution in [2.45, 2.75) is 69.5 Å². The van der Waals surface area contributed by atoms with Gasteiger partial charge >= 0.3 is 0 Å². The Balaban J connectivity index is 1.67. The summed E-state index contributed by atoms with van der Waals surface area (Å²) in [5.41, 5.74) is 1.03. The van der Waals surface area contributed by atoms with Crippen molar-refractivity contribution < 1.29 is 22.7 Å². The molecule has 1 aliphatic carbocycles. The van der Waals surface area contributed by atoms with Crippen LogP contribution in [0.3, 0.4) is 0 Å². The molecule has 1 N–H and O–H groups in total. The summed E-state index contributed by atoms with van der Waals surface area (Å²) >= 11 is 6.23.